The van der Waals surface area contributed by atoms with E-state index in [1.54, 1.807) is 0 Å². The molecule has 2 N–H and O–H groups in total. The molecule has 0 aliphatic carbocycles. The van der Waals surface area contributed by atoms with Gasteiger partial charge in [0.25, 0.3) is 14.6 Å². The van der Waals surface area contributed by atoms with Crippen molar-refractivity contribution in [2.75, 3.05) is 0 Å². The number of amides is 1. The first-order chi connectivity index (χ1) is 3.77. The van der Waals surface area contributed by atoms with E-state index in [1.807, 2.05) is 0 Å². The number of oxime groups is 1. The molecule has 5 nitrogen and oxygen atoms in total. The van der Waals surface area contributed by atoms with Crippen molar-refractivity contribution < 1.29 is 14.0 Å². The molecule has 0 radical (unpaired) electrons. The third-order valence-electron chi connectivity index (χ3n) is 0.284. The molecule has 1 unspecified atom stereocenters. The largest absolute Gasteiger partial charge is 0.365 e. The van der Waals surface area contributed by atoms with Crippen LogP contribution in [-0.2, 0) is 14.0 Å². The van der Waals surface area contributed by atoms with E-state index in [0.29, 0.717) is 0 Å². The fraction of sp³-hybridized carbons (Fsp3) is 0. The van der Waals surface area contributed by atoms with Crippen LogP contribution in [-0.4, -0.2) is 12.1 Å². The van der Waals surface area contributed by atoms with Crippen molar-refractivity contribution in [2.45, 2.75) is 0 Å². The first kappa shape index (κ1) is 7.17. The van der Waals surface area contributed by atoms with Gasteiger partial charge in [0.05, 0.1) is 0 Å². The van der Waals surface area contributed by atoms with Gasteiger partial charge in [-0.05, 0) is 0 Å². The second-order valence-electron chi connectivity index (χ2n) is 0.839. The Morgan fingerprint density at radius 2 is 2.50 bits per heavy atom. The number of hydrogen-bond donors (Lipinski definition) is 1. The Kier molecular flexibility index (Phi) is 3.88. The Labute approximate surface area is 46.8 Å². The molecule has 0 saturated carbocycles. The van der Waals surface area contributed by atoms with Gasteiger partial charge in [0.1, 0.15) is 6.21 Å². The molecule has 0 aromatic rings. The third kappa shape index (κ3) is 5.17. The standard InChI is InChI=1S/C2H5N2O3P/c3-2(5)1-4-7-8-6/h1H,8H2,(H2,3,5). The zero-order chi connectivity index (χ0) is 6.41. The quantitative estimate of drug-likeness (QED) is 0.311. The fourth-order valence-corrected chi connectivity index (χ4v) is 0.218. The van der Waals surface area contributed by atoms with Crippen LogP contribution in [0.5, 0.6) is 0 Å². The summed E-state index contributed by atoms with van der Waals surface area (Å²) in [4.78, 5) is 9.77. The molecule has 0 aromatic heterocycles. The van der Waals surface area contributed by atoms with Gasteiger partial charge in [-0.3, -0.25) is 9.36 Å². The van der Waals surface area contributed by atoms with Gasteiger partial charge in [0.15, 0.2) is 0 Å². The first-order valence-electron chi connectivity index (χ1n) is 1.69. The Morgan fingerprint density at radius 3 is 2.88 bits per heavy atom. The van der Waals surface area contributed by atoms with Gasteiger partial charge in [-0.25, -0.2) is 0 Å². The SMILES string of the molecule is NC(=O)C=NO[PH2]=O. The van der Waals surface area contributed by atoms with Crippen molar-refractivity contribution in [3.05, 3.63) is 0 Å². The van der Waals surface area contributed by atoms with E-state index in [9.17, 15) is 9.36 Å². The molecule has 1 atom stereocenters. The van der Waals surface area contributed by atoms with Crippen LogP contribution in [0.25, 0.3) is 0 Å². The van der Waals surface area contributed by atoms with Crippen molar-refractivity contribution in [1.82, 2.24) is 0 Å². The molecule has 0 heterocycles. The van der Waals surface area contributed by atoms with Gasteiger partial charge in [0.2, 0.25) is 0 Å². The maximum Gasteiger partial charge on any atom is 0.263 e. The summed E-state index contributed by atoms with van der Waals surface area (Å²) in [6, 6.07) is 0. The average molecular weight is 136 g/mol. The molecular weight excluding hydrogens is 131 g/mol. The van der Waals surface area contributed by atoms with Crippen molar-refractivity contribution in [2.24, 2.45) is 10.9 Å². The smallest absolute Gasteiger partial charge is 0.263 e. The van der Waals surface area contributed by atoms with Crippen LogP contribution >= 0.6 is 8.69 Å². The summed E-state index contributed by atoms with van der Waals surface area (Å²) in [6.07, 6.45) is 0.741. The minimum absolute atomic E-state index is 0.724. The molecule has 0 spiro atoms. The summed E-state index contributed by atoms with van der Waals surface area (Å²) in [6.45, 7) is 0. The van der Waals surface area contributed by atoms with Crippen LogP contribution in [0.1, 0.15) is 0 Å². The van der Waals surface area contributed by atoms with Crippen LogP contribution in [0, 0.1) is 0 Å². The zero-order valence-corrected chi connectivity index (χ0v) is 5.06. The lowest BCUT2D eigenvalue weighted by Crippen LogP contribution is -2.11. The number of nitrogens with zero attached hydrogens (tertiary/aromatic N) is 1. The van der Waals surface area contributed by atoms with E-state index in [2.05, 4.69) is 15.5 Å². The van der Waals surface area contributed by atoms with Crippen LogP contribution in [0.2, 0.25) is 0 Å². The van der Waals surface area contributed by atoms with E-state index in [4.69, 9.17) is 0 Å². The predicted octanol–water partition coefficient (Wildman–Crippen LogP) is -0.855. The average Bonchev–Trinajstić information content (AvgIpc) is 1.66. The lowest BCUT2D eigenvalue weighted by Gasteiger charge is -1.79. The minimum atomic E-state index is -1.39. The molecule has 0 aliphatic rings. The van der Waals surface area contributed by atoms with E-state index in [-0.39, 0.29) is 0 Å². The lowest BCUT2D eigenvalue weighted by atomic mass is 10.7. The monoisotopic (exact) mass is 136 g/mol. The normalized spacial score (nSPS) is 11.0. The summed E-state index contributed by atoms with van der Waals surface area (Å²) in [5, 5.41) is 2.91. The summed E-state index contributed by atoms with van der Waals surface area (Å²) in [7, 11) is -1.39. The molecule has 46 valence electrons. The Hall–Kier alpha value is -0.830. The minimum Gasteiger partial charge on any atom is -0.365 e. The molecule has 1 amide bonds. The number of rotatable bonds is 3. The highest BCUT2D eigenvalue weighted by molar-refractivity contribution is 7.17. The van der Waals surface area contributed by atoms with E-state index in [0.717, 1.165) is 6.21 Å². The van der Waals surface area contributed by atoms with Crippen molar-refractivity contribution in [1.29, 1.82) is 0 Å². The number of carbonyl (C=O) groups is 1. The first-order valence-corrected chi connectivity index (χ1v) is 2.64. The highest BCUT2D eigenvalue weighted by Crippen LogP contribution is 1.91. The van der Waals surface area contributed by atoms with Crippen molar-refractivity contribution in [3.63, 3.8) is 0 Å². The van der Waals surface area contributed by atoms with E-state index in [1.165, 1.54) is 0 Å². The fourth-order valence-electron chi connectivity index (χ4n) is 0.107. The van der Waals surface area contributed by atoms with E-state index < -0.39 is 14.6 Å². The molecule has 0 aliphatic heterocycles. The molecule has 0 fully saturated rings. The predicted molar refractivity (Wildman–Crippen MR) is 29.2 cm³/mol. The topological polar surface area (TPSA) is 81.8 Å². The van der Waals surface area contributed by atoms with Gasteiger partial charge in [0, 0.05) is 0 Å². The van der Waals surface area contributed by atoms with Gasteiger partial charge in [-0.15, -0.1) is 0 Å². The summed E-state index contributed by atoms with van der Waals surface area (Å²) >= 11 is 0. The highest BCUT2D eigenvalue weighted by Gasteiger charge is 1.79. The molecule has 6 heteroatoms. The molecular formula is C2H5N2O3P. The zero-order valence-electron chi connectivity index (χ0n) is 3.90. The van der Waals surface area contributed by atoms with Crippen molar-refractivity contribution in [3.8, 4) is 0 Å². The van der Waals surface area contributed by atoms with Gasteiger partial charge < -0.3 is 10.4 Å². The molecule has 0 bridgehead atoms. The molecule has 8 heavy (non-hydrogen) atoms. The Balaban J connectivity index is 3.34. The van der Waals surface area contributed by atoms with Crippen LogP contribution in [0.15, 0.2) is 5.16 Å². The van der Waals surface area contributed by atoms with Gasteiger partial charge in [-0.2, -0.15) is 0 Å². The molecule has 0 aromatic carbocycles. The van der Waals surface area contributed by atoms with Crippen LogP contribution in [0.3, 0.4) is 0 Å². The van der Waals surface area contributed by atoms with Gasteiger partial charge in [-0.1, -0.05) is 5.16 Å². The lowest BCUT2D eigenvalue weighted by molar-refractivity contribution is -0.111. The Morgan fingerprint density at radius 1 is 1.88 bits per heavy atom. The maximum absolute atomic E-state index is 9.77. The summed E-state index contributed by atoms with van der Waals surface area (Å²) < 4.78 is 13.4. The second-order valence-corrected chi connectivity index (χ2v) is 1.24. The van der Waals surface area contributed by atoms with Crippen LogP contribution in [0.4, 0.5) is 0 Å². The number of hydrogen-bond acceptors (Lipinski definition) is 4. The summed E-state index contributed by atoms with van der Waals surface area (Å²) in [5.74, 6) is -0.724. The number of primary amides is 1. The summed E-state index contributed by atoms with van der Waals surface area (Å²) in [5.41, 5.74) is 4.57. The maximum atomic E-state index is 9.77. The number of nitrogens with two attached hydrogens (primary N) is 1. The Bertz CT molecular complexity index is 122. The molecule has 0 rings (SSSR count). The number of carbonyl (C=O) groups excluding carboxylic acids is 1. The van der Waals surface area contributed by atoms with Crippen LogP contribution < -0.4 is 5.73 Å². The third-order valence-corrected chi connectivity index (χ3v) is 0.492. The molecule has 0 saturated heterocycles. The van der Waals surface area contributed by atoms with E-state index >= 15 is 0 Å². The second kappa shape index (κ2) is 4.33. The van der Waals surface area contributed by atoms with Gasteiger partial charge >= 0.3 is 0 Å². The highest BCUT2D eigenvalue weighted by atomic mass is 31.1. The van der Waals surface area contributed by atoms with Crippen molar-refractivity contribution >= 4 is 20.8 Å².